The molecule has 0 spiro atoms. The molecule has 1 heterocycles. The molecular formula is C23H23F3N4O4. The fourth-order valence-corrected chi connectivity index (χ4v) is 3.63. The number of imide groups is 1. The zero-order valence-corrected chi connectivity index (χ0v) is 18.5. The van der Waals surface area contributed by atoms with E-state index in [1.807, 2.05) is 0 Å². The molecule has 0 bridgehead atoms. The highest BCUT2D eigenvalue weighted by molar-refractivity contribution is 6.10. The summed E-state index contributed by atoms with van der Waals surface area (Å²) in [6, 6.07) is 13.8. The standard InChI is InChI=1S/C23H23F3N4O4/c1-3-29(20(33)23(24,25)26)13-15-8-7-11-17(12-15)27-18(31)14-30-19(32)22(2,28-21(30)34)16-9-5-4-6-10-16/h4-12H,3,13-14H2,1-2H3,(H,27,31)(H,28,34). The molecule has 1 saturated heterocycles. The molecule has 0 aliphatic carbocycles. The molecule has 0 radical (unpaired) electrons. The van der Waals surface area contributed by atoms with Gasteiger partial charge in [-0.2, -0.15) is 13.2 Å². The van der Waals surface area contributed by atoms with Crippen LogP contribution in [0, 0.1) is 0 Å². The van der Waals surface area contributed by atoms with E-state index in [2.05, 4.69) is 10.6 Å². The van der Waals surface area contributed by atoms with Crippen molar-refractivity contribution in [2.45, 2.75) is 32.1 Å². The first kappa shape index (κ1) is 24.7. The molecule has 1 aliphatic rings. The summed E-state index contributed by atoms with van der Waals surface area (Å²) in [6.45, 7) is 1.97. The number of halogens is 3. The average molecular weight is 476 g/mol. The van der Waals surface area contributed by atoms with Crippen LogP contribution in [0.1, 0.15) is 25.0 Å². The lowest BCUT2D eigenvalue weighted by atomic mass is 9.92. The number of anilines is 1. The molecule has 34 heavy (non-hydrogen) atoms. The number of amides is 5. The molecule has 2 N–H and O–H groups in total. The minimum absolute atomic E-state index is 0.151. The second kappa shape index (κ2) is 9.54. The Hall–Kier alpha value is -3.89. The van der Waals surface area contributed by atoms with Crippen LogP contribution in [-0.4, -0.2) is 52.8 Å². The number of nitrogens with one attached hydrogen (secondary N) is 2. The number of hydrogen-bond acceptors (Lipinski definition) is 4. The van der Waals surface area contributed by atoms with Gasteiger partial charge in [-0.3, -0.25) is 19.3 Å². The van der Waals surface area contributed by atoms with E-state index in [4.69, 9.17) is 0 Å². The van der Waals surface area contributed by atoms with Crippen LogP contribution in [0.15, 0.2) is 54.6 Å². The Morgan fingerprint density at radius 3 is 2.38 bits per heavy atom. The van der Waals surface area contributed by atoms with Gasteiger partial charge >= 0.3 is 18.1 Å². The van der Waals surface area contributed by atoms with Gasteiger partial charge in [0.1, 0.15) is 12.1 Å². The number of hydrogen-bond donors (Lipinski definition) is 2. The first-order chi connectivity index (χ1) is 16.0. The quantitative estimate of drug-likeness (QED) is 0.601. The van der Waals surface area contributed by atoms with Crippen molar-refractivity contribution in [3.05, 3.63) is 65.7 Å². The Labute approximate surface area is 193 Å². The molecule has 2 aromatic carbocycles. The lowest BCUT2D eigenvalue weighted by Crippen LogP contribution is -2.42. The number of rotatable bonds is 7. The zero-order chi connectivity index (χ0) is 25.1. The minimum Gasteiger partial charge on any atom is -0.331 e. The van der Waals surface area contributed by atoms with Crippen LogP contribution in [0.5, 0.6) is 0 Å². The van der Waals surface area contributed by atoms with Crippen molar-refractivity contribution in [2.24, 2.45) is 0 Å². The van der Waals surface area contributed by atoms with Crippen molar-refractivity contribution >= 4 is 29.4 Å². The molecule has 3 rings (SSSR count). The van der Waals surface area contributed by atoms with E-state index in [9.17, 15) is 32.3 Å². The van der Waals surface area contributed by atoms with Crippen molar-refractivity contribution in [2.75, 3.05) is 18.4 Å². The topological polar surface area (TPSA) is 98.8 Å². The zero-order valence-electron chi connectivity index (χ0n) is 18.5. The summed E-state index contributed by atoms with van der Waals surface area (Å²) in [5.41, 5.74) is -0.134. The van der Waals surface area contributed by atoms with Gasteiger partial charge in [0.05, 0.1) is 0 Å². The molecule has 180 valence electrons. The van der Waals surface area contributed by atoms with Crippen molar-refractivity contribution in [1.82, 2.24) is 15.1 Å². The second-order valence-corrected chi connectivity index (χ2v) is 7.88. The molecule has 11 heteroatoms. The summed E-state index contributed by atoms with van der Waals surface area (Å²) < 4.78 is 38.2. The Kier molecular flexibility index (Phi) is 6.94. The van der Waals surface area contributed by atoms with E-state index in [1.54, 1.807) is 37.3 Å². The maximum absolute atomic E-state index is 12.9. The summed E-state index contributed by atoms with van der Waals surface area (Å²) in [6.07, 6.45) is -4.99. The average Bonchev–Trinajstić information content (AvgIpc) is 3.01. The second-order valence-electron chi connectivity index (χ2n) is 7.88. The summed E-state index contributed by atoms with van der Waals surface area (Å²) in [5, 5.41) is 5.13. The molecule has 1 atom stereocenters. The molecule has 1 aliphatic heterocycles. The van der Waals surface area contributed by atoms with Crippen molar-refractivity contribution in [3.63, 3.8) is 0 Å². The predicted octanol–water partition coefficient (Wildman–Crippen LogP) is 3.00. The molecule has 8 nitrogen and oxygen atoms in total. The van der Waals surface area contributed by atoms with Gasteiger partial charge in [0.25, 0.3) is 5.91 Å². The van der Waals surface area contributed by atoms with Gasteiger partial charge in [-0.1, -0.05) is 42.5 Å². The fourth-order valence-electron chi connectivity index (χ4n) is 3.63. The van der Waals surface area contributed by atoms with Gasteiger partial charge in [0.15, 0.2) is 0 Å². The van der Waals surface area contributed by atoms with Gasteiger partial charge in [0, 0.05) is 18.8 Å². The van der Waals surface area contributed by atoms with Gasteiger partial charge < -0.3 is 15.5 Å². The summed E-state index contributed by atoms with van der Waals surface area (Å²) >= 11 is 0. The summed E-state index contributed by atoms with van der Waals surface area (Å²) in [7, 11) is 0. The van der Waals surface area contributed by atoms with Crippen LogP contribution in [0.4, 0.5) is 23.7 Å². The maximum atomic E-state index is 12.9. The lowest BCUT2D eigenvalue weighted by molar-refractivity contribution is -0.185. The SMILES string of the molecule is CCN(Cc1cccc(NC(=O)CN2C(=O)NC(C)(c3ccccc3)C2=O)c1)C(=O)C(F)(F)F. The number of benzene rings is 2. The van der Waals surface area contributed by atoms with E-state index < -0.39 is 42.0 Å². The van der Waals surface area contributed by atoms with Crippen LogP contribution in [-0.2, 0) is 26.5 Å². The van der Waals surface area contributed by atoms with Crippen molar-refractivity contribution < 1.29 is 32.3 Å². The maximum Gasteiger partial charge on any atom is 0.471 e. The first-order valence-electron chi connectivity index (χ1n) is 10.4. The van der Waals surface area contributed by atoms with Gasteiger partial charge in [-0.15, -0.1) is 0 Å². The van der Waals surface area contributed by atoms with Crippen molar-refractivity contribution in [1.29, 1.82) is 0 Å². The Balaban J connectivity index is 1.67. The van der Waals surface area contributed by atoms with Crippen LogP contribution >= 0.6 is 0 Å². The first-order valence-corrected chi connectivity index (χ1v) is 10.4. The summed E-state index contributed by atoms with van der Waals surface area (Å²) in [4.78, 5) is 50.8. The van der Waals surface area contributed by atoms with Crippen LogP contribution < -0.4 is 10.6 Å². The third kappa shape index (κ3) is 5.19. The normalized spacial score (nSPS) is 18.0. The molecule has 0 saturated carbocycles. The third-order valence-corrected chi connectivity index (χ3v) is 5.42. The van der Waals surface area contributed by atoms with Crippen LogP contribution in [0.25, 0.3) is 0 Å². The van der Waals surface area contributed by atoms with E-state index in [-0.39, 0.29) is 18.8 Å². The number of nitrogens with zero attached hydrogens (tertiary/aromatic N) is 2. The van der Waals surface area contributed by atoms with Crippen molar-refractivity contribution in [3.8, 4) is 0 Å². The number of alkyl halides is 3. The molecule has 1 unspecified atom stereocenters. The minimum atomic E-state index is -4.99. The van der Waals surface area contributed by atoms with Gasteiger partial charge in [-0.05, 0) is 37.1 Å². The van der Waals surface area contributed by atoms with Crippen LogP contribution in [0.3, 0.4) is 0 Å². The number of carbonyl (C=O) groups is 4. The highest BCUT2D eigenvalue weighted by Gasteiger charge is 2.49. The summed E-state index contributed by atoms with van der Waals surface area (Å²) in [5.74, 6) is -3.21. The molecule has 2 aromatic rings. The largest absolute Gasteiger partial charge is 0.471 e. The lowest BCUT2D eigenvalue weighted by Gasteiger charge is -2.22. The molecular weight excluding hydrogens is 453 g/mol. The predicted molar refractivity (Wildman–Crippen MR) is 116 cm³/mol. The van der Waals surface area contributed by atoms with E-state index in [1.165, 1.54) is 31.2 Å². The Bertz CT molecular complexity index is 1110. The van der Waals surface area contributed by atoms with Gasteiger partial charge in [-0.25, -0.2) is 4.79 Å². The monoisotopic (exact) mass is 476 g/mol. The number of carbonyl (C=O) groups excluding carboxylic acids is 4. The highest BCUT2D eigenvalue weighted by atomic mass is 19.4. The fraction of sp³-hybridized carbons (Fsp3) is 0.304. The molecule has 1 fully saturated rings. The molecule has 0 aromatic heterocycles. The third-order valence-electron chi connectivity index (χ3n) is 5.42. The highest BCUT2D eigenvalue weighted by Crippen LogP contribution is 2.28. The van der Waals surface area contributed by atoms with E-state index >= 15 is 0 Å². The van der Waals surface area contributed by atoms with Crippen LogP contribution in [0.2, 0.25) is 0 Å². The molecule has 5 amide bonds. The smallest absolute Gasteiger partial charge is 0.331 e. The van der Waals surface area contributed by atoms with E-state index in [0.717, 1.165) is 4.90 Å². The Morgan fingerprint density at radius 1 is 1.09 bits per heavy atom. The van der Waals surface area contributed by atoms with E-state index in [0.29, 0.717) is 16.0 Å². The number of urea groups is 1. The van der Waals surface area contributed by atoms with Gasteiger partial charge in [0.2, 0.25) is 5.91 Å². The Morgan fingerprint density at radius 2 is 1.76 bits per heavy atom.